The molecule has 2 aliphatic rings. The van der Waals surface area contributed by atoms with Crippen LogP contribution in [-0.2, 0) is 19.1 Å². The number of aryl methyl sites for hydroxylation is 2. The first kappa shape index (κ1) is 17.9. The minimum Gasteiger partial charge on any atom is -0.368 e. The van der Waals surface area contributed by atoms with Crippen LogP contribution in [0.25, 0.3) is 0 Å². The number of ether oxygens (including phenoxy) is 2. The van der Waals surface area contributed by atoms with Crippen molar-refractivity contribution in [3.63, 3.8) is 0 Å². The predicted octanol–water partition coefficient (Wildman–Crippen LogP) is 2.85. The Morgan fingerprint density at radius 3 is 1.68 bits per heavy atom. The molecule has 0 radical (unpaired) electrons. The Morgan fingerprint density at radius 2 is 1.32 bits per heavy atom. The lowest BCUT2D eigenvalue weighted by Crippen LogP contribution is -2.29. The Balaban J connectivity index is 1.81. The van der Waals surface area contributed by atoms with Crippen LogP contribution in [0.4, 0.5) is 11.4 Å². The van der Waals surface area contributed by atoms with Crippen molar-refractivity contribution in [1.29, 1.82) is 0 Å². The summed E-state index contributed by atoms with van der Waals surface area (Å²) in [6.07, 6.45) is 2.55. The molecule has 136 valence electrons. The van der Waals surface area contributed by atoms with Crippen LogP contribution in [0.3, 0.4) is 0 Å². The van der Waals surface area contributed by atoms with Crippen LogP contribution >= 0.6 is 0 Å². The van der Waals surface area contributed by atoms with Crippen molar-refractivity contribution in [3.8, 4) is 0 Å². The minimum atomic E-state index is -0.384. The van der Waals surface area contributed by atoms with Gasteiger partial charge in [0, 0.05) is 24.6 Å². The molecule has 0 bridgehead atoms. The fourth-order valence-electron chi connectivity index (χ4n) is 3.55. The van der Waals surface area contributed by atoms with Gasteiger partial charge >= 0.3 is 0 Å². The number of benzene rings is 1. The van der Waals surface area contributed by atoms with E-state index in [9.17, 15) is 9.59 Å². The molecule has 1 aromatic rings. The molecule has 2 saturated heterocycles. The summed E-state index contributed by atoms with van der Waals surface area (Å²) >= 11 is 0. The summed E-state index contributed by atoms with van der Waals surface area (Å²) in [6, 6.07) is 1.98. The molecule has 0 saturated carbocycles. The molecular formula is C19H26N2O4. The highest BCUT2D eigenvalue weighted by Crippen LogP contribution is 2.32. The zero-order valence-electron chi connectivity index (χ0n) is 15.1. The highest BCUT2D eigenvalue weighted by Gasteiger charge is 2.27. The molecule has 2 amide bonds. The van der Waals surface area contributed by atoms with Gasteiger partial charge in [-0.2, -0.15) is 0 Å². The maximum atomic E-state index is 12.4. The van der Waals surface area contributed by atoms with Gasteiger partial charge < -0.3 is 20.1 Å². The van der Waals surface area contributed by atoms with Crippen molar-refractivity contribution in [2.45, 2.75) is 58.7 Å². The third kappa shape index (κ3) is 3.85. The summed E-state index contributed by atoms with van der Waals surface area (Å²) in [5.74, 6) is -0.243. The van der Waals surface area contributed by atoms with Crippen molar-refractivity contribution in [1.82, 2.24) is 0 Å². The Labute approximate surface area is 148 Å². The zero-order valence-corrected chi connectivity index (χ0v) is 15.1. The molecule has 0 spiro atoms. The molecule has 2 N–H and O–H groups in total. The third-order valence-corrected chi connectivity index (χ3v) is 4.91. The second-order valence-electron chi connectivity index (χ2n) is 6.87. The molecule has 2 aliphatic heterocycles. The summed E-state index contributed by atoms with van der Waals surface area (Å²) in [5, 5.41) is 5.97. The van der Waals surface area contributed by atoms with E-state index < -0.39 is 0 Å². The first-order valence-electron chi connectivity index (χ1n) is 8.93. The second-order valence-corrected chi connectivity index (χ2v) is 6.87. The summed E-state index contributed by atoms with van der Waals surface area (Å²) in [5.41, 5.74) is 4.28. The van der Waals surface area contributed by atoms with Crippen molar-refractivity contribution < 1.29 is 19.1 Å². The van der Waals surface area contributed by atoms with Crippen molar-refractivity contribution in [2.75, 3.05) is 23.8 Å². The molecule has 6 nitrogen and oxygen atoms in total. The first-order chi connectivity index (χ1) is 12.0. The number of carbonyl (C=O) groups is 2. The van der Waals surface area contributed by atoms with Gasteiger partial charge in [0.05, 0.1) is 0 Å². The molecule has 3 rings (SSSR count). The van der Waals surface area contributed by atoms with E-state index in [0.29, 0.717) is 13.2 Å². The van der Waals surface area contributed by atoms with Gasteiger partial charge in [0.15, 0.2) is 0 Å². The van der Waals surface area contributed by atoms with Gasteiger partial charge in [-0.25, -0.2) is 0 Å². The number of amides is 2. The van der Waals surface area contributed by atoms with Gasteiger partial charge in [0.1, 0.15) is 12.2 Å². The monoisotopic (exact) mass is 346 g/mol. The largest absolute Gasteiger partial charge is 0.368 e. The number of hydrogen-bond acceptors (Lipinski definition) is 4. The molecule has 6 heteroatoms. The molecule has 0 aliphatic carbocycles. The standard InChI is InChI=1S/C19H26N2O4/c1-11-10-12(2)17(21-19(23)15-7-5-9-25-15)13(3)16(11)20-18(22)14-6-4-8-24-14/h10,14-15H,4-9H2,1-3H3,(H,20,22)(H,21,23)/t14-,15+. The maximum Gasteiger partial charge on any atom is 0.253 e. The van der Waals surface area contributed by atoms with E-state index in [1.54, 1.807) is 0 Å². The van der Waals surface area contributed by atoms with Crippen molar-refractivity contribution in [3.05, 3.63) is 22.8 Å². The van der Waals surface area contributed by atoms with E-state index in [4.69, 9.17) is 9.47 Å². The van der Waals surface area contributed by atoms with E-state index in [0.717, 1.165) is 53.7 Å². The summed E-state index contributed by atoms with van der Waals surface area (Å²) < 4.78 is 10.9. The lowest BCUT2D eigenvalue weighted by molar-refractivity contribution is -0.125. The SMILES string of the molecule is Cc1cc(C)c(NC(=O)[C@H]2CCCO2)c(C)c1NC(=O)[C@@H]1CCCO1. The predicted molar refractivity (Wildman–Crippen MR) is 95.9 cm³/mol. The van der Waals surface area contributed by atoms with Gasteiger partial charge in [-0.05, 0) is 63.1 Å². The first-order valence-corrected chi connectivity index (χ1v) is 8.93. The zero-order chi connectivity index (χ0) is 18.0. The van der Waals surface area contributed by atoms with Crippen LogP contribution in [0, 0.1) is 20.8 Å². The van der Waals surface area contributed by atoms with Gasteiger partial charge in [0.2, 0.25) is 0 Å². The smallest absolute Gasteiger partial charge is 0.253 e. The minimum absolute atomic E-state index is 0.121. The van der Waals surface area contributed by atoms with Gasteiger partial charge in [-0.15, -0.1) is 0 Å². The Hall–Kier alpha value is -1.92. The van der Waals surface area contributed by atoms with Crippen molar-refractivity contribution >= 4 is 23.2 Å². The Kier molecular flexibility index (Phi) is 5.39. The molecule has 1 aromatic carbocycles. The molecule has 2 fully saturated rings. The molecule has 2 atom stereocenters. The summed E-state index contributed by atoms with van der Waals surface area (Å²) in [7, 11) is 0. The number of carbonyl (C=O) groups excluding carboxylic acids is 2. The summed E-state index contributed by atoms with van der Waals surface area (Å²) in [4.78, 5) is 24.8. The van der Waals surface area contributed by atoms with Crippen LogP contribution < -0.4 is 10.6 Å². The van der Waals surface area contributed by atoms with Crippen LogP contribution in [0.5, 0.6) is 0 Å². The maximum absolute atomic E-state index is 12.4. The average Bonchev–Trinajstić information content (AvgIpc) is 3.28. The average molecular weight is 346 g/mol. The number of rotatable bonds is 4. The second kappa shape index (κ2) is 7.54. The van der Waals surface area contributed by atoms with E-state index >= 15 is 0 Å². The van der Waals surface area contributed by atoms with Crippen LogP contribution in [0.2, 0.25) is 0 Å². The van der Waals surface area contributed by atoms with Gasteiger partial charge in [0.25, 0.3) is 11.8 Å². The quantitative estimate of drug-likeness (QED) is 0.879. The topological polar surface area (TPSA) is 76.7 Å². The van der Waals surface area contributed by atoms with Gasteiger partial charge in [-0.3, -0.25) is 9.59 Å². The Morgan fingerprint density at radius 1 is 0.880 bits per heavy atom. The fraction of sp³-hybridized carbons (Fsp3) is 0.579. The van der Waals surface area contributed by atoms with Crippen LogP contribution in [0.15, 0.2) is 6.07 Å². The van der Waals surface area contributed by atoms with Crippen molar-refractivity contribution in [2.24, 2.45) is 0 Å². The third-order valence-electron chi connectivity index (χ3n) is 4.91. The van der Waals surface area contributed by atoms with E-state index in [1.807, 2.05) is 26.8 Å². The molecular weight excluding hydrogens is 320 g/mol. The van der Waals surface area contributed by atoms with Crippen LogP contribution in [-0.4, -0.2) is 37.2 Å². The molecule has 0 aromatic heterocycles. The van der Waals surface area contributed by atoms with E-state index in [2.05, 4.69) is 10.6 Å². The lowest BCUT2D eigenvalue weighted by Gasteiger charge is -2.20. The van der Waals surface area contributed by atoms with E-state index in [-0.39, 0.29) is 24.0 Å². The number of anilines is 2. The Bertz CT molecular complexity index is 620. The molecule has 0 unspecified atom stereocenters. The fourth-order valence-corrected chi connectivity index (χ4v) is 3.55. The van der Waals surface area contributed by atoms with Crippen LogP contribution in [0.1, 0.15) is 42.4 Å². The molecule has 2 heterocycles. The summed E-state index contributed by atoms with van der Waals surface area (Å²) in [6.45, 7) is 7.09. The highest BCUT2D eigenvalue weighted by molar-refractivity contribution is 6.00. The highest BCUT2D eigenvalue weighted by atomic mass is 16.5. The number of hydrogen-bond donors (Lipinski definition) is 2. The van der Waals surface area contributed by atoms with Gasteiger partial charge in [-0.1, -0.05) is 6.07 Å². The lowest BCUT2D eigenvalue weighted by atomic mass is 10.0. The van der Waals surface area contributed by atoms with E-state index in [1.165, 1.54) is 0 Å². The molecule has 25 heavy (non-hydrogen) atoms. The normalized spacial score (nSPS) is 22.8. The number of nitrogens with one attached hydrogen (secondary N) is 2.